The number of amides is 2. The van der Waals surface area contributed by atoms with E-state index in [2.05, 4.69) is 25.7 Å². The summed E-state index contributed by atoms with van der Waals surface area (Å²) < 4.78 is 26.9. The number of nitrogens with one attached hydrogen (secondary N) is 1. The first-order valence-electron chi connectivity index (χ1n) is 11.9. The molecule has 2 saturated heterocycles. The highest BCUT2D eigenvalue weighted by molar-refractivity contribution is 6.03. The van der Waals surface area contributed by atoms with Crippen LogP contribution in [0.15, 0.2) is 53.1 Å². The average molecular weight is 476 g/mol. The van der Waals surface area contributed by atoms with Crippen LogP contribution in [0.5, 0.6) is 0 Å². The van der Waals surface area contributed by atoms with Gasteiger partial charge in [0.2, 0.25) is 0 Å². The van der Waals surface area contributed by atoms with Gasteiger partial charge in [0, 0.05) is 42.5 Å². The number of hydrogen-bond acceptors (Lipinski definition) is 4. The van der Waals surface area contributed by atoms with Gasteiger partial charge in [-0.05, 0) is 25.8 Å². The molecule has 1 unspecified atom stereocenters. The topological polar surface area (TPSA) is 72.9 Å². The van der Waals surface area contributed by atoms with Gasteiger partial charge in [-0.1, -0.05) is 46.8 Å². The number of likely N-dealkylation sites (N-methyl/N-ethyl adjacent to an activating group) is 1. The van der Waals surface area contributed by atoms with Crippen LogP contribution in [0.2, 0.25) is 0 Å². The molecule has 0 bridgehead atoms. The number of allylic oxidation sites excluding steroid dienone is 2. The maximum absolute atomic E-state index is 13.8. The third-order valence-electron chi connectivity index (χ3n) is 5.70. The summed E-state index contributed by atoms with van der Waals surface area (Å²) in [5, 5.41) is 13.3. The van der Waals surface area contributed by atoms with Gasteiger partial charge in [0.1, 0.15) is 11.6 Å². The summed E-state index contributed by atoms with van der Waals surface area (Å²) in [6.07, 6.45) is 2.56. The molecule has 6 nitrogen and oxygen atoms in total. The number of nitrogens with zero attached hydrogens (tertiary/aromatic N) is 2. The second-order valence-electron chi connectivity index (χ2n) is 8.03. The van der Waals surface area contributed by atoms with E-state index in [0.717, 1.165) is 18.6 Å². The molecule has 3 aliphatic rings. The molecule has 3 aliphatic heterocycles. The maximum Gasteiger partial charge on any atom is 0.274 e. The molecule has 1 atom stereocenters. The Morgan fingerprint density at radius 3 is 2.47 bits per heavy atom. The van der Waals surface area contributed by atoms with E-state index in [-0.39, 0.29) is 46.7 Å². The molecule has 0 radical (unpaired) electrons. The minimum Gasteiger partial charge on any atom is -0.505 e. The number of benzene rings is 1. The first-order chi connectivity index (χ1) is 16.2. The summed E-state index contributed by atoms with van der Waals surface area (Å²) in [6, 6.07) is 3.13. The number of rotatable bonds is 4. The molecule has 1 aromatic carbocycles. The number of piperazine rings is 1. The van der Waals surface area contributed by atoms with Crippen LogP contribution in [0.4, 0.5) is 8.78 Å². The van der Waals surface area contributed by atoms with Crippen molar-refractivity contribution in [2.45, 2.75) is 66.5 Å². The molecule has 0 aliphatic carbocycles. The summed E-state index contributed by atoms with van der Waals surface area (Å²) in [5.74, 6) is -2.56. The van der Waals surface area contributed by atoms with E-state index in [9.17, 15) is 23.5 Å². The van der Waals surface area contributed by atoms with E-state index in [1.165, 1.54) is 12.5 Å². The first kappa shape index (κ1) is 27.1. The van der Waals surface area contributed by atoms with Crippen molar-refractivity contribution in [3.8, 4) is 0 Å². The Kier molecular flexibility index (Phi) is 9.41. The van der Waals surface area contributed by atoms with E-state index in [1.54, 1.807) is 9.80 Å². The molecule has 1 aromatic rings. The van der Waals surface area contributed by atoms with Crippen LogP contribution >= 0.6 is 0 Å². The van der Waals surface area contributed by atoms with E-state index in [1.807, 2.05) is 20.8 Å². The van der Waals surface area contributed by atoms with Crippen LogP contribution in [-0.2, 0) is 16.1 Å². The number of carbonyl (C=O) groups is 2. The Morgan fingerprint density at radius 2 is 1.88 bits per heavy atom. The van der Waals surface area contributed by atoms with Crippen molar-refractivity contribution >= 4 is 11.8 Å². The number of aliphatic hydroxyl groups is 1. The molecule has 2 N–H and O–H groups in total. The largest absolute Gasteiger partial charge is 0.505 e. The highest BCUT2D eigenvalue weighted by Crippen LogP contribution is 2.44. The third-order valence-corrected chi connectivity index (χ3v) is 5.70. The molecule has 0 spiro atoms. The normalized spacial score (nSPS) is 18.7. The maximum atomic E-state index is 13.8. The summed E-state index contributed by atoms with van der Waals surface area (Å²) in [7, 11) is 0. The predicted molar refractivity (Wildman–Crippen MR) is 128 cm³/mol. The summed E-state index contributed by atoms with van der Waals surface area (Å²) in [6.45, 7) is 14.9. The third kappa shape index (κ3) is 5.16. The molecule has 4 rings (SSSR count). The number of carbonyl (C=O) groups excluding carboxylic acids is 2. The number of hydrogen-bond donors (Lipinski definition) is 2. The van der Waals surface area contributed by atoms with Crippen molar-refractivity contribution in [2.24, 2.45) is 0 Å². The molecule has 0 aromatic heterocycles. The van der Waals surface area contributed by atoms with Gasteiger partial charge < -0.3 is 20.2 Å². The van der Waals surface area contributed by atoms with Gasteiger partial charge in [0.25, 0.3) is 11.8 Å². The zero-order chi connectivity index (χ0) is 25.6. The van der Waals surface area contributed by atoms with Crippen molar-refractivity contribution in [2.75, 3.05) is 13.1 Å². The molecule has 2 amide bonds. The fourth-order valence-electron chi connectivity index (χ4n) is 4.22. The van der Waals surface area contributed by atoms with Crippen LogP contribution in [0.3, 0.4) is 0 Å². The van der Waals surface area contributed by atoms with E-state index in [4.69, 9.17) is 0 Å². The monoisotopic (exact) mass is 475 g/mol. The van der Waals surface area contributed by atoms with Gasteiger partial charge in [-0.25, -0.2) is 8.78 Å². The van der Waals surface area contributed by atoms with Gasteiger partial charge in [-0.15, -0.1) is 0 Å². The van der Waals surface area contributed by atoms with Gasteiger partial charge in [0.15, 0.2) is 11.5 Å². The molecule has 34 heavy (non-hydrogen) atoms. The Hall–Kier alpha value is -3.16. The minimum atomic E-state index is -0.752. The SMILES string of the molecule is C=C1C(O)=C2C(=O)N(CC)CC3CCC(=C1C(=O)NCc1ccc(F)cc1F)N23.CC.CCC. The molecule has 3 heterocycles. The molecule has 8 heteroatoms. The van der Waals surface area contributed by atoms with Crippen LogP contribution in [0, 0.1) is 11.6 Å². The van der Waals surface area contributed by atoms with E-state index >= 15 is 0 Å². The van der Waals surface area contributed by atoms with Crippen molar-refractivity contribution < 1.29 is 23.5 Å². The standard InChI is InChI=1S/C21H21F2N3O3.C3H8.C2H6/c1-3-25-10-14-6-7-16-17(11(2)19(27)18(21(25)29)26(14)16)20(28)24-9-12-4-5-13(22)8-15(12)23;1-3-2;1-2/h4-5,8,14,27H,2-3,6-7,9-10H2,1H3,(H,24,28);3H2,1-2H3;1-2H3. The van der Waals surface area contributed by atoms with Crippen molar-refractivity contribution in [1.82, 2.24) is 15.1 Å². The average Bonchev–Trinajstić information content (AvgIpc) is 3.22. The van der Waals surface area contributed by atoms with Gasteiger partial charge in [-0.2, -0.15) is 0 Å². The Bertz CT molecular complexity index is 1020. The van der Waals surface area contributed by atoms with Crippen LogP contribution in [-0.4, -0.2) is 45.9 Å². The van der Waals surface area contributed by atoms with Crippen molar-refractivity contribution in [3.05, 3.63) is 70.3 Å². The summed E-state index contributed by atoms with van der Waals surface area (Å²) in [5.41, 5.74) is 1.24. The Labute approximate surface area is 200 Å². The van der Waals surface area contributed by atoms with Crippen molar-refractivity contribution in [1.29, 1.82) is 0 Å². The van der Waals surface area contributed by atoms with Gasteiger partial charge >= 0.3 is 0 Å². The number of halogens is 2. The second kappa shape index (κ2) is 11.8. The lowest BCUT2D eigenvalue weighted by Crippen LogP contribution is -2.53. The predicted octanol–water partition coefficient (Wildman–Crippen LogP) is 4.94. The van der Waals surface area contributed by atoms with Gasteiger partial charge in [0.05, 0.1) is 11.6 Å². The lowest BCUT2D eigenvalue weighted by molar-refractivity contribution is -0.132. The van der Waals surface area contributed by atoms with E-state index in [0.29, 0.717) is 25.2 Å². The van der Waals surface area contributed by atoms with Crippen LogP contribution in [0.25, 0.3) is 0 Å². The molecular weight excluding hydrogens is 440 g/mol. The summed E-state index contributed by atoms with van der Waals surface area (Å²) >= 11 is 0. The lowest BCUT2D eigenvalue weighted by Gasteiger charge is -2.42. The molecule has 0 saturated carbocycles. The Morgan fingerprint density at radius 1 is 1.24 bits per heavy atom. The molecular formula is C26H35F2N3O3. The van der Waals surface area contributed by atoms with Crippen molar-refractivity contribution in [3.63, 3.8) is 0 Å². The van der Waals surface area contributed by atoms with Crippen LogP contribution < -0.4 is 5.32 Å². The quantitative estimate of drug-likeness (QED) is 0.647. The smallest absolute Gasteiger partial charge is 0.274 e. The second-order valence-corrected chi connectivity index (χ2v) is 8.03. The molecule has 2 fully saturated rings. The first-order valence-corrected chi connectivity index (χ1v) is 11.9. The Balaban J connectivity index is 0.000000758. The molecule has 186 valence electrons. The minimum absolute atomic E-state index is 0.00903. The van der Waals surface area contributed by atoms with E-state index < -0.39 is 17.5 Å². The zero-order valence-corrected chi connectivity index (χ0v) is 20.7. The fourth-order valence-corrected chi connectivity index (χ4v) is 4.22. The van der Waals surface area contributed by atoms with Gasteiger partial charge in [-0.3, -0.25) is 9.59 Å². The lowest BCUT2D eigenvalue weighted by atomic mass is 9.95. The highest BCUT2D eigenvalue weighted by atomic mass is 19.1. The van der Waals surface area contributed by atoms with Crippen LogP contribution in [0.1, 0.15) is 59.4 Å². The zero-order valence-electron chi connectivity index (χ0n) is 20.7. The summed E-state index contributed by atoms with van der Waals surface area (Å²) in [4.78, 5) is 29.1. The number of aliphatic hydroxyl groups excluding tert-OH is 1. The fraction of sp³-hybridized carbons (Fsp3) is 0.462. The highest BCUT2D eigenvalue weighted by Gasteiger charge is 2.47.